The molecule has 0 unspecified atom stereocenters. The molecule has 2 aromatic heterocycles. The van der Waals surface area contributed by atoms with Gasteiger partial charge in [0.2, 0.25) is 0 Å². The maximum absolute atomic E-state index is 12.1. The molecule has 0 bridgehead atoms. The van der Waals surface area contributed by atoms with E-state index in [0.29, 0.717) is 17.9 Å². The number of H-pyrrole nitrogens is 1. The summed E-state index contributed by atoms with van der Waals surface area (Å²) in [6.45, 7) is 2.42. The normalized spacial score (nSPS) is 10.8. The fraction of sp³-hybridized carbons (Fsp3) is 0.143. The first-order valence-corrected chi connectivity index (χ1v) is 7.02. The largest absolute Gasteiger partial charge is 0.397 e. The maximum atomic E-state index is 12.1. The second kappa shape index (κ2) is 4.97. The number of thiazole rings is 1. The van der Waals surface area contributed by atoms with Crippen LogP contribution in [-0.2, 0) is 6.54 Å². The highest BCUT2D eigenvalue weighted by Crippen LogP contribution is 2.21. The first kappa shape index (κ1) is 12.7. The van der Waals surface area contributed by atoms with Crippen LogP contribution in [0.2, 0.25) is 0 Å². The van der Waals surface area contributed by atoms with Gasteiger partial charge in [0, 0.05) is 16.5 Å². The van der Waals surface area contributed by atoms with Crippen molar-refractivity contribution in [3.8, 4) is 0 Å². The zero-order chi connectivity index (χ0) is 14.1. The number of aromatic amines is 1. The Bertz CT molecular complexity index is 774. The van der Waals surface area contributed by atoms with E-state index in [0.717, 1.165) is 20.8 Å². The van der Waals surface area contributed by atoms with Gasteiger partial charge >= 0.3 is 0 Å². The third-order valence-electron chi connectivity index (χ3n) is 3.00. The highest BCUT2D eigenvalue weighted by Gasteiger charge is 2.11. The van der Waals surface area contributed by atoms with E-state index in [4.69, 9.17) is 5.73 Å². The van der Waals surface area contributed by atoms with E-state index >= 15 is 0 Å². The first-order valence-electron chi connectivity index (χ1n) is 6.20. The number of benzene rings is 1. The second-order valence-corrected chi connectivity index (χ2v) is 5.86. The van der Waals surface area contributed by atoms with Crippen molar-refractivity contribution in [2.24, 2.45) is 0 Å². The molecule has 3 rings (SSSR count). The second-order valence-electron chi connectivity index (χ2n) is 4.54. The van der Waals surface area contributed by atoms with E-state index in [9.17, 15) is 4.79 Å². The van der Waals surface area contributed by atoms with Gasteiger partial charge in [0.1, 0.15) is 10.7 Å². The Balaban J connectivity index is 1.77. The van der Waals surface area contributed by atoms with E-state index in [2.05, 4.69) is 15.3 Å². The number of nitrogens with zero attached hydrogens (tertiary/aromatic N) is 1. The van der Waals surface area contributed by atoms with Crippen molar-refractivity contribution in [2.45, 2.75) is 13.5 Å². The number of hydrogen-bond acceptors (Lipinski definition) is 4. The Labute approximate surface area is 119 Å². The lowest BCUT2D eigenvalue weighted by molar-refractivity contribution is 0.0946. The number of nitrogens with two attached hydrogens (primary N) is 1. The molecule has 1 aromatic carbocycles. The van der Waals surface area contributed by atoms with Crippen LogP contribution >= 0.6 is 11.3 Å². The number of carbonyl (C=O) groups is 1. The van der Waals surface area contributed by atoms with Gasteiger partial charge in [0.25, 0.3) is 5.91 Å². The molecule has 0 saturated heterocycles. The van der Waals surface area contributed by atoms with Crippen molar-refractivity contribution in [1.29, 1.82) is 0 Å². The molecule has 4 N–H and O–H groups in total. The molecule has 0 radical (unpaired) electrons. The summed E-state index contributed by atoms with van der Waals surface area (Å²) in [5.41, 5.74) is 7.80. The van der Waals surface area contributed by atoms with Crippen LogP contribution in [0.15, 0.2) is 30.5 Å². The van der Waals surface area contributed by atoms with Gasteiger partial charge in [0.05, 0.1) is 17.7 Å². The summed E-state index contributed by atoms with van der Waals surface area (Å²) in [5.74, 6) is -0.159. The number of nitrogens with one attached hydrogen (secondary N) is 2. The van der Waals surface area contributed by atoms with E-state index < -0.39 is 0 Å². The van der Waals surface area contributed by atoms with Crippen LogP contribution < -0.4 is 11.1 Å². The number of amides is 1. The van der Waals surface area contributed by atoms with Crippen LogP contribution in [0.1, 0.15) is 20.4 Å². The van der Waals surface area contributed by atoms with Crippen molar-refractivity contribution in [3.05, 3.63) is 46.0 Å². The number of hydrogen-bond donors (Lipinski definition) is 3. The fourth-order valence-corrected chi connectivity index (χ4v) is 2.76. The lowest BCUT2D eigenvalue weighted by atomic mass is 10.2. The van der Waals surface area contributed by atoms with Crippen LogP contribution in [0.4, 0.5) is 5.69 Å². The van der Waals surface area contributed by atoms with Gasteiger partial charge in [-0.1, -0.05) is 12.1 Å². The third kappa shape index (κ3) is 2.37. The van der Waals surface area contributed by atoms with Crippen LogP contribution in [-0.4, -0.2) is 15.9 Å². The summed E-state index contributed by atoms with van der Waals surface area (Å²) >= 11 is 1.58. The van der Waals surface area contributed by atoms with Crippen LogP contribution in [0.25, 0.3) is 10.9 Å². The minimum Gasteiger partial charge on any atom is -0.397 e. The van der Waals surface area contributed by atoms with E-state index in [1.165, 1.54) is 0 Å². The number of anilines is 1. The van der Waals surface area contributed by atoms with E-state index in [1.807, 2.05) is 19.1 Å². The van der Waals surface area contributed by atoms with Gasteiger partial charge in [-0.3, -0.25) is 4.79 Å². The number of nitrogen functional groups attached to an aromatic ring is 1. The molecule has 20 heavy (non-hydrogen) atoms. The molecule has 0 aliphatic carbocycles. The molecule has 1 amide bonds. The molecule has 0 atom stereocenters. The van der Waals surface area contributed by atoms with Gasteiger partial charge < -0.3 is 16.0 Å². The number of para-hydroxylation sites is 1. The molecule has 0 spiro atoms. The summed E-state index contributed by atoms with van der Waals surface area (Å²) in [5, 5.41) is 4.67. The molecule has 2 heterocycles. The van der Waals surface area contributed by atoms with Gasteiger partial charge in [0.15, 0.2) is 0 Å². The lowest BCUT2D eigenvalue weighted by Crippen LogP contribution is -2.22. The molecule has 102 valence electrons. The average molecular weight is 286 g/mol. The number of fused-ring (bicyclic) bond motifs is 1. The van der Waals surface area contributed by atoms with Crippen molar-refractivity contribution in [3.63, 3.8) is 0 Å². The standard InChI is InChI=1S/C14H14N4OS/c1-8-6-16-12(20-8)7-17-14(19)11-5-9-3-2-4-10(15)13(9)18-11/h2-6,18H,7,15H2,1H3,(H,17,19). The van der Waals surface area contributed by atoms with Crippen LogP contribution in [0.3, 0.4) is 0 Å². The number of aromatic nitrogens is 2. The summed E-state index contributed by atoms with van der Waals surface area (Å²) in [6, 6.07) is 7.39. The minimum absolute atomic E-state index is 0.159. The number of rotatable bonds is 3. The minimum atomic E-state index is -0.159. The summed E-state index contributed by atoms with van der Waals surface area (Å²) < 4.78 is 0. The maximum Gasteiger partial charge on any atom is 0.268 e. The Kier molecular flexibility index (Phi) is 3.15. The van der Waals surface area contributed by atoms with E-state index in [1.54, 1.807) is 29.7 Å². The summed E-state index contributed by atoms with van der Waals surface area (Å²) in [6.07, 6.45) is 1.80. The molecule has 0 saturated carbocycles. The predicted molar refractivity (Wildman–Crippen MR) is 80.7 cm³/mol. The topological polar surface area (TPSA) is 83.8 Å². The monoisotopic (exact) mass is 286 g/mol. The SMILES string of the molecule is Cc1cnc(CNC(=O)c2cc3cccc(N)c3[nH]2)s1. The quantitative estimate of drug-likeness (QED) is 0.647. The average Bonchev–Trinajstić information content (AvgIpc) is 3.03. The van der Waals surface area contributed by atoms with Crippen molar-refractivity contribution in [2.75, 3.05) is 5.73 Å². The predicted octanol–water partition coefficient (Wildman–Crippen LogP) is 2.45. The first-order chi connectivity index (χ1) is 9.63. The van der Waals surface area contributed by atoms with Gasteiger partial charge in [-0.25, -0.2) is 4.98 Å². The molecule has 6 heteroatoms. The molecular weight excluding hydrogens is 272 g/mol. The molecule has 0 aliphatic rings. The zero-order valence-corrected chi connectivity index (χ0v) is 11.8. The van der Waals surface area contributed by atoms with Crippen molar-refractivity contribution in [1.82, 2.24) is 15.3 Å². The summed E-state index contributed by atoms with van der Waals surface area (Å²) in [4.78, 5) is 20.5. The molecular formula is C14H14N4OS. The van der Waals surface area contributed by atoms with Gasteiger partial charge in [-0.15, -0.1) is 11.3 Å². The van der Waals surface area contributed by atoms with Gasteiger partial charge in [-0.05, 0) is 19.1 Å². The van der Waals surface area contributed by atoms with Crippen molar-refractivity contribution < 1.29 is 4.79 Å². The highest BCUT2D eigenvalue weighted by atomic mass is 32.1. The zero-order valence-electron chi connectivity index (χ0n) is 10.9. The molecule has 3 aromatic rings. The lowest BCUT2D eigenvalue weighted by Gasteiger charge is -2.00. The van der Waals surface area contributed by atoms with E-state index in [-0.39, 0.29) is 5.91 Å². The number of aryl methyl sites for hydroxylation is 1. The highest BCUT2D eigenvalue weighted by molar-refractivity contribution is 7.11. The summed E-state index contributed by atoms with van der Waals surface area (Å²) in [7, 11) is 0. The molecule has 0 fully saturated rings. The Morgan fingerprint density at radius 3 is 3.05 bits per heavy atom. The number of carbonyl (C=O) groups excluding carboxylic acids is 1. The van der Waals surface area contributed by atoms with Crippen LogP contribution in [0.5, 0.6) is 0 Å². The fourth-order valence-electron chi connectivity index (χ4n) is 2.04. The molecule has 0 aliphatic heterocycles. The Hall–Kier alpha value is -2.34. The Morgan fingerprint density at radius 1 is 1.50 bits per heavy atom. The Morgan fingerprint density at radius 2 is 2.35 bits per heavy atom. The van der Waals surface area contributed by atoms with Crippen LogP contribution in [0, 0.1) is 6.92 Å². The van der Waals surface area contributed by atoms with Crippen molar-refractivity contribution >= 4 is 33.8 Å². The van der Waals surface area contributed by atoms with Gasteiger partial charge in [-0.2, -0.15) is 0 Å². The third-order valence-corrected chi connectivity index (χ3v) is 3.92. The molecule has 5 nitrogen and oxygen atoms in total. The smallest absolute Gasteiger partial charge is 0.268 e.